The van der Waals surface area contributed by atoms with E-state index in [1.165, 1.54) is 11.0 Å². The molecule has 0 radical (unpaired) electrons. The second-order valence-electron chi connectivity index (χ2n) is 6.73. The number of halogens is 2. The highest BCUT2D eigenvalue weighted by Gasteiger charge is 2.31. The van der Waals surface area contributed by atoms with E-state index in [0.29, 0.717) is 19.6 Å². The molecular weight excluding hydrogens is 370 g/mol. The third-order valence-electron chi connectivity index (χ3n) is 4.78. The number of nitrogens with one attached hydrogen (secondary N) is 1. The van der Waals surface area contributed by atoms with E-state index in [-0.39, 0.29) is 31.0 Å². The van der Waals surface area contributed by atoms with Gasteiger partial charge in [0, 0.05) is 38.3 Å². The second-order valence-corrected chi connectivity index (χ2v) is 6.73. The number of aromatic nitrogens is 2. The Bertz CT molecular complexity index is 829. The quantitative estimate of drug-likeness (QED) is 0.810. The summed E-state index contributed by atoms with van der Waals surface area (Å²) in [6.07, 6.45) is 4.24. The van der Waals surface area contributed by atoms with E-state index < -0.39 is 23.6 Å². The van der Waals surface area contributed by atoms with Crippen LogP contribution in [0.25, 0.3) is 0 Å². The zero-order chi connectivity index (χ0) is 20.1. The number of rotatable bonds is 6. The molecule has 0 bridgehead atoms. The first-order valence-corrected chi connectivity index (χ1v) is 9.01. The van der Waals surface area contributed by atoms with Gasteiger partial charge < -0.3 is 14.5 Å². The summed E-state index contributed by atoms with van der Waals surface area (Å²) in [5.74, 6) is -2.65. The van der Waals surface area contributed by atoms with Crippen molar-refractivity contribution >= 4 is 11.8 Å². The highest BCUT2D eigenvalue weighted by atomic mass is 19.2. The lowest BCUT2D eigenvalue weighted by Gasteiger charge is -2.36. The number of carbonyl (C=O) groups excluding carboxylic acids is 2. The highest BCUT2D eigenvalue weighted by molar-refractivity contribution is 5.94. The van der Waals surface area contributed by atoms with Gasteiger partial charge in [0.15, 0.2) is 11.6 Å². The fraction of sp³-hybridized carbons (Fsp3) is 0.421. The molecule has 1 atom stereocenters. The van der Waals surface area contributed by atoms with Crippen LogP contribution in [0.15, 0.2) is 30.6 Å². The number of H-pyrrole nitrogens is 1. The summed E-state index contributed by atoms with van der Waals surface area (Å²) in [4.78, 5) is 28.4. The average molecular weight is 392 g/mol. The van der Waals surface area contributed by atoms with Gasteiger partial charge in [0.2, 0.25) is 5.91 Å². The van der Waals surface area contributed by atoms with E-state index in [4.69, 9.17) is 4.74 Å². The van der Waals surface area contributed by atoms with Crippen molar-refractivity contribution in [3.63, 3.8) is 0 Å². The maximum Gasteiger partial charge on any atom is 0.254 e. The Labute approximate surface area is 161 Å². The molecule has 2 heterocycles. The molecular formula is C19H22F2N4O3. The van der Waals surface area contributed by atoms with Gasteiger partial charge in [0.05, 0.1) is 25.5 Å². The molecule has 0 saturated carbocycles. The number of carbonyl (C=O) groups is 2. The Morgan fingerprint density at radius 2 is 2.18 bits per heavy atom. The fourth-order valence-corrected chi connectivity index (χ4v) is 3.08. The van der Waals surface area contributed by atoms with Crippen molar-refractivity contribution < 1.29 is 23.1 Å². The monoisotopic (exact) mass is 392 g/mol. The summed E-state index contributed by atoms with van der Waals surface area (Å²) in [6.45, 7) is 1.35. The van der Waals surface area contributed by atoms with Gasteiger partial charge in [-0.05, 0) is 30.2 Å². The number of benzene rings is 1. The molecule has 1 fully saturated rings. The lowest BCUT2D eigenvalue weighted by atomic mass is 10.1. The van der Waals surface area contributed by atoms with Crippen molar-refractivity contribution in [2.45, 2.75) is 18.9 Å². The smallest absolute Gasteiger partial charge is 0.254 e. The molecule has 1 aromatic carbocycles. The number of hydrogen-bond acceptors (Lipinski definition) is 4. The van der Waals surface area contributed by atoms with Gasteiger partial charge in [-0.2, -0.15) is 5.10 Å². The summed E-state index contributed by atoms with van der Waals surface area (Å²) in [5, 5.41) is 6.59. The minimum absolute atomic E-state index is 0.0477. The summed E-state index contributed by atoms with van der Waals surface area (Å²) >= 11 is 0. The Kier molecular flexibility index (Phi) is 6.35. The molecule has 1 aliphatic rings. The topological polar surface area (TPSA) is 78.5 Å². The van der Waals surface area contributed by atoms with Crippen LogP contribution in [-0.4, -0.2) is 71.2 Å². The van der Waals surface area contributed by atoms with Crippen LogP contribution in [0.5, 0.6) is 0 Å². The number of amides is 2. The molecule has 150 valence electrons. The van der Waals surface area contributed by atoms with Gasteiger partial charge in [0.1, 0.15) is 0 Å². The van der Waals surface area contributed by atoms with Crippen LogP contribution in [-0.2, 0) is 16.0 Å². The third kappa shape index (κ3) is 4.72. The van der Waals surface area contributed by atoms with Gasteiger partial charge in [0.25, 0.3) is 5.91 Å². The van der Waals surface area contributed by atoms with E-state index in [2.05, 4.69) is 10.2 Å². The minimum Gasteiger partial charge on any atom is -0.377 e. The first-order valence-electron chi connectivity index (χ1n) is 9.01. The largest absolute Gasteiger partial charge is 0.377 e. The first kappa shape index (κ1) is 19.9. The van der Waals surface area contributed by atoms with Gasteiger partial charge in [-0.15, -0.1) is 0 Å². The lowest BCUT2D eigenvalue weighted by molar-refractivity contribution is -0.132. The number of likely N-dealkylation sites (N-methyl/N-ethyl adjacent to an activating group) is 1. The zero-order valence-electron chi connectivity index (χ0n) is 15.5. The van der Waals surface area contributed by atoms with Gasteiger partial charge in [-0.3, -0.25) is 14.7 Å². The molecule has 1 saturated heterocycles. The highest BCUT2D eigenvalue weighted by Crippen LogP contribution is 2.18. The van der Waals surface area contributed by atoms with E-state index in [9.17, 15) is 18.4 Å². The van der Waals surface area contributed by atoms with Crippen LogP contribution >= 0.6 is 0 Å². The molecule has 3 rings (SSSR count). The van der Waals surface area contributed by atoms with Gasteiger partial charge in [-0.1, -0.05) is 0 Å². The van der Waals surface area contributed by atoms with Crippen LogP contribution < -0.4 is 0 Å². The molecule has 9 heteroatoms. The number of ether oxygens (including phenoxy) is 1. The Morgan fingerprint density at radius 1 is 1.36 bits per heavy atom. The Morgan fingerprint density at radius 3 is 2.89 bits per heavy atom. The van der Waals surface area contributed by atoms with Gasteiger partial charge >= 0.3 is 0 Å². The van der Waals surface area contributed by atoms with Crippen molar-refractivity contribution in [3.8, 4) is 0 Å². The van der Waals surface area contributed by atoms with E-state index >= 15 is 0 Å². The second kappa shape index (κ2) is 8.92. The summed E-state index contributed by atoms with van der Waals surface area (Å²) in [5.41, 5.74) is 1.04. The maximum atomic E-state index is 13.5. The molecule has 2 aromatic rings. The number of hydrogen-bond donors (Lipinski definition) is 1. The van der Waals surface area contributed by atoms with Crippen molar-refractivity contribution in [2.24, 2.45) is 0 Å². The summed E-state index contributed by atoms with van der Waals surface area (Å²) in [6, 6.07) is 2.58. The molecule has 1 aromatic heterocycles. The van der Waals surface area contributed by atoms with Crippen molar-refractivity contribution in [3.05, 3.63) is 53.4 Å². The molecule has 7 nitrogen and oxygen atoms in total. The molecule has 28 heavy (non-hydrogen) atoms. The normalized spacial score (nSPS) is 16.8. The van der Waals surface area contributed by atoms with E-state index in [1.54, 1.807) is 24.3 Å². The Balaban J connectivity index is 1.62. The van der Waals surface area contributed by atoms with Crippen molar-refractivity contribution in [1.29, 1.82) is 0 Å². The standard InChI is InChI=1S/C19H22F2N4O3/c1-24(5-4-13-10-22-23-11-13)18(26)9-15-12-28-7-6-25(15)19(27)14-2-3-16(20)17(21)8-14/h2-3,8,10-11,15H,4-7,9,12H2,1H3,(H,22,23). The van der Waals surface area contributed by atoms with Crippen LogP contribution in [0.2, 0.25) is 0 Å². The number of morpholine rings is 1. The van der Waals surface area contributed by atoms with Crippen molar-refractivity contribution in [1.82, 2.24) is 20.0 Å². The van der Waals surface area contributed by atoms with Crippen LogP contribution in [0.1, 0.15) is 22.3 Å². The molecule has 2 amide bonds. The molecule has 1 N–H and O–H groups in total. The van der Waals surface area contributed by atoms with Crippen LogP contribution in [0.4, 0.5) is 8.78 Å². The van der Waals surface area contributed by atoms with E-state index in [0.717, 1.165) is 17.7 Å². The fourth-order valence-electron chi connectivity index (χ4n) is 3.08. The SMILES string of the molecule is CN(CCc1cn[nH]c1)C(=O)CC1COCCN1C(=O)c1ccc(F)c(F)c1. The summed E-state index contributed by atoms with van der Waals surface area (Å²) < 4.78 is 32.1. The first-order chi connectivity index (χ1) is 13.5. The maximum absolute atomic E-state index is 13.5. The molecule has 0 aliphatic carbocycles. The lowest BCUT2D eigenvalue weighted by Crippen LogP contribution is -2.50. The molecule has 1 aliphatic heterocycles. The third-order valence-corrected chi connectivity index (χ3v) is 4.78. The predicted molar refractivity (Wildman–Crippen MR) is 96.5 cm³/mol. The number of nitrogens with zero attached hydrogens (tertiary/aromatic N) is 3. The predicted octanol–water partition coefficient (Wildman–Crippen LogP) is 1.62. The van der Waals surface area contributed by atoms with Crippen LogP contribution in [0.3, 0.4) is 0 Å². The zero-order valence-corrected chi connectivity index (χ0v) is 15.5. The molecule has 1 unspecified atom stereocenters. The minimum atomic E-state index is -1.08. The Hall–Kier alpha value is -2.81. The van der Waals surface area contributed by atoms with Gasteiger partial charge in [-0.25, -0.2) is 8.78 Å². The number of aromatic amines is 1. The summed E-state index contributed by atoms with van der Waals surface area (Å²) in [7, 11) is 1.70. The average Bonchev–Trinajstić information content (AvgIpc) is 3.21. The van der Waals surface area contributed by atoms with E-state index in [1.807, 2.05) is 0 Å². The molecule has 0 spiro atoms. The van der Waals surface area contributed by atoms with Crippen molar-refractivity contribution in [2.75, 3.05) is 33.4 Å². The van der Waals surface area contributed by atoms with Crippen LogP contribution in [0, 0.1) is 11.6 Å².